The van der Waals surface area contributed by atoms with Gasteiger partial charge in [-0.2, -0.15) is 10.2 Å². The van der Waals surface area contributed by atoms with Gasteiger partial charge in [0.2, 0.25) is 0 Å². The Morgan fingerprint density at radius 2 is 1.83 bits per heavy atom. The Labute approximate surface area is 175 Å². The SMILES string of the molecule is O=C(NN=Cc1c(O)ccc2ccccc12)c1cc(-c2cc(Cl)cc(Cl)c2)n[nH]1. The molecule has 4 aromatic rings. The van der Waals surface area contributed by atoms with Crippen LogP contribution in [0.4, 0.5) is 0 Å². The molecule has 0 saturated heterocycles. The predicted molar refractivity (Wildman–Crippen MR) is 115 cm³/mol. The minimum atomic E-state index is -0.479. The van der Waals surface area contributed by atoms with E-state index in [0.29, 0.717) is 26.9 Å². The molecule has 0 aliphatic heterocycles. The predicted octanol–water partition coefficient (Wildman–Crippen LogP) is 5.01. The summed E-state index contributed by atoms with van der Waals surface area (Å²) in [7, 11) is 0. The number of halogens is 2. The number of rotatable bonds is 4. The Kier molecular flexibility index (Phi) is 5.20. The molecular formula is C21H14Cl2N4O2. The summed E-state index contributed by atoms with van der Waals surface area (Å²) in [5.41, 5.74) is 4.36. The second kappa shape index (κ2) is 7.95. The van der Waals surface area contributed by atoms with Crippen LogP contribution in [0.1, 0.15) is 16.1 Å². The number of hydrogen-bond acceptors (Lipinski definition) is 4. The maximum absolute atomic E-state index is 12.4. The first-order valence-electron chi connectivity index (χ1n) is 8.57. The van der Waals surface area contributed by atoms with Crippen molar-refractivity contribution in [3.63, 3.8) is 0 Å². The van der Waals surface area contributed by atoms with Crippen molar-refractivity contribution in [2.45, 2.75) is 0 Å². The number of nitrogens with zero attached hydrogens (tertiary/aromatic N) is 2. The first-order chi connectivity index (χ1) is 14.0. The smallest absolute Gasteiger partial charge is 0.289 e. The van der Waals surface area contributed by atoms with Crippen LogP contribution in [-0.4, -0.2) is 27.4 Å². The minimum Gasteiger partial charge on any atom is -0.507 e. The van der Waals surface area contributed by atoms with E-state index in [4.69, 9.17) is 23.2 Å². The van der Waals surface area contributed by atoms with Gasteiger partial charge in [-0.1, -0.05) is 53.5 Å². The number of phenolic OH excluding ortho intramolecular Hbond substituents is 1. The molecule has 8 heteroatoms. The normalized spacial score (nSPS) is 11.2. The fourth-order valence-electron chi connectivity index (χ4n) is 2.92. The number of aromatic hydroxyl groups is 1. The standard InChI is InChI=1S/C21H14Cl2N4O2/c22-14-7-13(8-15(23)9-14)18-10-19(26-25-18)21(29)27-24-11-17-16-4-2-1-3-12(16)5-6-20(17)28/h1-11,28H,(H,25,26)(H,27,29). The molecule has 0 aliphatic rings. The van der Waals surface area contributed by atoms with Crippen LogP contribution in [-0.2, 0) is 0 Å². The largest absolute Gasteiger partial charge is 0.507 e. The summed E-state index contributed by atoms with van der Waals surface area (Å²) in [4.78, 5) is 12.4. The van der Waals surface area contributed by atoms with Crippen molar-refractivity contribution in [1.29, 1.82) is 0 Å². The molecule has 3 aromatic carbocycles. The third-order valence-electron chi connectivity index (χ3n) is 4.29. The molecule has 1 amide bonds. The van der Waals surface area contributed by atoms with Crippen LogP contribution in [0.2, 0.25) is 10.0 Å². The van der Waals surface area contributed by atoms with Gasteiger partial charge in [0.25, 0.3) is 5.91 Å². The van der Waals surface area contributed by atoms with Crippen molar-refractivity contribution in [3.05, 3.63) is 82.0 Å². The van der Waals surface area contributed by atoms with Crippen molar-refractivity contribution in [2.75, 3.05) is 0 Å². The summed E-state index contributed by atoms with van der Waals surface area (Å²) in [6, 6.07) is 17.6. The number of carbonyl (C=O) groups excluding carboxylic acids is 1. The molecule has 0 spiro atoms. The van der Waals surface area contributed by atoms with Crippen LogP contribution in [0.15, 0.2) is 65.8 Å². The van der Waals surface area contributed by atoms with E-state index in [-0.39, 0.29) is 11.4 Å². The molecule has 0 unspecified atom stereocenters. The highest BCUT2D eigenvalue weighted by Gasteiger charge is 2.12. The van der Waals surface area contributed by atoms with Crippen LogP contribution in [0.25, 0.3) is 22.0 Å². The number of aromatic nitrogens is 2. The average molecular weight is 425 g/mol. The lowest BCUT2D eigenvalue weighted by molar-refractivity contribution is 0.0950. The van der Waals surface area contributed by atoms with Gasteiger partial charge in [-0.05, 0) is 41.1 Å². The third kappa shape index (κ3) is 4.08. The summed E-state index contributed by atoms with van der Waals surface area (Å²) in [6.45, 7) is 0. The van der Waals surface area contributed by atoms with E-state index in [1.54, 1.807) is 30.3 Å². The summed E-state index contributed by atoms with van der Waals surface area (Å²) >= 11 is 12.0. The van der Waals surface area contributed by atoms with Crippen LogP contribution >= 0.6 is 23.2 Å². The maximum Gasteiger partial charge on any atom is 0.289 e. The number of H-pyrrole nitrogens is 1. The lowest BCUT2D eigenvalue weighted by Crippen LogP contribution is -2.18. The molecule has 1 aromatic heterocycles. The fraction of sp³-hybridized carbons (Fsp3) is 0. The highest BCUT2D eigenvalue weighted by Crippen LogP contribution is 2.27. The zero-order valence-electron chi connectivity index (χ0n) is 14.9. The van der Waals surface area contributed by atoms with Crippen LogP contribution in [0.5, 0.6) is 5.75 Å². The average Bonchev–Trinajstić information content (AvgIpc) is 3.19. The molecule has 3 N–H and O–H groups in total. The van der Waals surface area contributed by atoms with Crippen LogP contribution < -0.4 is 5.43 Å². The molecule has 4 rings (SSSR count). The zero-order chi connectivity index (χ0) is 20.4. The third-order valence-corrected chi connectivity index (χ3v) is 4.72. The summed E-state index contributed by atoms with van der Waals surface area (Å²) in [5.74, 6) is -0.406. The van der Waals surface area contributed by atoms with E-state index in [9.17, 15) is 9.90 Å². The quantitative estimate of drug-likeness (QED) is 0.317. The first kappa shape index (κ1) is 19.0. The second-order valence-corrected chi connectivity index (χ2v) is 7.12. The molecule has 0 aliphatic carbocycles. The Hall–Kier alpha value is -3.35. The number of hydrogen-bond donors (Lipinski definition) is 3. The number of phenols is 1. The summed E-state index contributed by atoms with van der Waals surface area (Å²) in [6.07, 6.45) is 1.41. The molecule has 0 fully saturated rings. The molecule has 0 radical (unpaired) electrons. The van der Waals surface area contributed by atoms with Gasteiger partial charge in [-0.25, -0.2) is 5.43 Å². The monoisotopic (exact) mass is 424 g/mol. The van der Waals surface area contributed by atoms with E-state index in [1.807, 2.05) is 30.3 Å². The van der Waals surface area contributed by atoms with Crippen molar-refractivity contribution < 1.29 is 9.90 Å². The van der Waals surface area contributed by atoms with Crippen molar-refractivity contribution in [1.82, 2.24) is 15.6 Å². The molecule has 144 valence electrons. The van der Waals surface area contributed by atoms with Gasteiger partial charge < -0.3 is 5.11 Å². The van der Waals surface area contributed by atoms with Crippen LogP contribution in [0.3, 0.4) is 0 Å². The van der Waals surface area contributed by atoms with Gasteiger partial charge in [0, 0.05) is 21.2 Å². The van der Waals surface area contributed by atoms with Crippen molar-refractivity contribution in [3.8, 4) is 17.0 Å². The van der Waals surface area contributed by atoms with Gasteiger partial charge in [-0.15, -0.1) is 0 Å². The highest BCUT2D eigenvalue weighted by atomic mass is 35.5. The first-order valence-corrected chi connectivity index (χ1v) is 9.33. The maximum atomic E-state index is 12.4. The van der Waals surface area contributed by atoms with Crippen molar-refractivity contribution in [2.24, 2.45) is 5.10 Å². The minimum absolute atomic E-state index is 0.0726. The molecule has 29 heavy (non-hydrogen) atoms. The molecule has 0 atom stereocenters. The summed E-state index contributed by atoms with van der Waals surface area (Å²) in [5, 5.41) is 23.6. The van der Waals surface area contributed by atoms with E-state index >= 15 is 0 Å². The number of hydrazone groups is 1. The van der Waals surface area contributed by atoms with Gasteiger partial charge >= 0.3 is 0 Å². The number of fused-ring (bicyclic) bond motifs is 1. The molecule has 6 nitrogen and oxygen atoms in total. The Morgan fingerprint density at radius 1 is 1.07 bits per heavy atom. The number of nitrogens with one attached hydrogen (secondary N) is 2. The van der Waals surface area contributed by atoms with Gasteiger partial charge in [0.15, 0.2) is 0 Å². The van der Waals surface area contributed by atoms with Gasteiger partial charge in [0.05, 0.1) is 11.9 Å². The van der Waals surface area contributed by atoms with Crippen LogP contribution in [0, 0.1) is 0 Å². The molecule has 0 bridgehead atoms. The van der Waals surface area contributed by atoms with E-state index in [2.05, 4.69) is 20.7 Å². The van der Waals surface area contributed by atoms with E-state index in [0.717, 1.165) is 10.8 Å². The Morgan fingerprint density at radius 3 is 2.62 bits per heavy atom. The highest BCUT2D eigenvalue weighted by molar-refractivity contribution is 6.35. The summed E-state index contributed by atoms with van der Waals surface area (Å²) < 4.78 is 0. The topological polar surface area (TPSA) is 90.4 Å². The van der Waals surface area contributed by atoms with Gasteiger partial charge in [-0.3, -0.25) is 9.89 Å². The lowest BCUT2D eigenvalue weighted by atomic mass is 10.0. The van der Waals surface area contributed by atoms with E-state index in [1.165, 1.54) is 6.21 Å². The molecule has 0 saturated carbocycles. The Bertz CT molecular complexity index is 1230. The van der Waals surface area contributed by atoms with Gasteiger partial charge in [0.1, 0.15) is 11.4 Å². The lowest BCUT2D eigenvalue weighted by Gasteiger charge is -2.04. The number of amides is 1. The molecular weight excluding hydrogens is 411 g/mol. The number of aromatic amines is 1. The van der Waals surface area contributed by atoms with E-state index < -0.39 is 5.91 Å². The second-order valence-electron chi connectivity index (χ2n) is 6.24. The number of benzene rings is 3. The van der Waals surface area contributed by atoms with Crippen molar-refractivity contribution >= 4 is 46.1 Å². The fourth-order valence-corrected chi connectivity index (χ4v) is 3.45. The Balaban J connectivity index is 1.53. The number of carbonyl (C=O) groups is 1. The zero-order valence-corrected chi connectivity index (χ0v) is 16.4. The molecule has 1 heterocycles.